The van der Waals surface area contributed by atoms with E-state index in [9.17, 15) is 0 Å². The molecule has 1 atom stereocenters. The number of nitrogens with one attached hydrogen (secondary N) is 1. The van der Waals surface area contributed by atoms with E-state index in [1.807, 2.05) is 0 Å². The number of rotatable bonds is 5. The van der Waals surface area contributed by atoms with Crippen LogP contribution in [0.3, 0.4) is 0 Å². The average molecular weight is 234 g/mol. The SMILES string of the molecule is CCC(CC)Cn1cc2c(c1)C(NC)CCC2. The van der Waals surface area contributed by atoms with Crippen molar-refractivity contribution in [2.45, 2.75) is 58.5 Å². The van der Waals surface area contributed by atoms with E-state index in [-0.39, 0.29) is 0 Å². The first-order chi connectivity index (χ1) is 8.28. The van der Waals surface area contributed by atoms with Crippen LogP contribution in [0.15, 0.2) is 12.4 Å². The lowest BCUT2D eigenvalue weighted by atomic mass is 9.91. The van der Waals surface area contributed by atoms with Gasteiger partial charge in [-0.2, -0.15) is 0 Å². The molecule has 0 bridgehead atoms. The summed E-state index contributed by atoms with van der Waals surface area (Å²) in [4.78, 5) is 0. The second kappa shape index (κ2) is 5.72. The van der Waals surface area contributed by atoms with Gasteiger partial charge in [-0.3, -0.25) is 0 Å². The van der Waals surface area contributed by atoms with Gasteiger partial charge in [-0.1, -0.05) is 26.7 Å². The third kappa shape index (κ3) is 2.74. The summed E-state index contributed by atoms with van der Waals surface area (Å²) in [5, 5.41) is 3.44. The molecule has 0 spiro atoms. The summed E-state index contributed by atoms with van der Waals surface area (Å²) < 4.78 is 2.43. The maximum Gasteiger partial charge on any atom is 0.0335 e. The van der Waals surface area contributed by atoms with E-state index in [4.69, 9.17) is 0 Å². The van der Waals surface area contributed by atoms with Crippen LogP contribution in [0.2, 0.25) is 0 Å². The number of fused-ring (bicyclic) bond motifs is 1. The minimum atomic E-state index is 0.585. The van der Waals surface area contributed by atoms with Crippen molar-refractivity contribution in [2.75, 3.05) is 7.05 Å². The highest BCUT2D eigenvalue weighted by Gasteiger charge is 2.20. The second-order valence-corrected chi connectivity index (χ2v) is 5.35. The zero-order valence-corrected chi connectivity index (χ0v) is 11.5. The van der Waals surface area contributed by atoms with Gasteiger partial charge in [-0.25, -0.2) is 0 Å². The van der Waals surface area contributed by atoms with Gasteiger partial charge in [0.2, 0.25) is 0 Å². The van der Waals surface area contributed by atoms with Gasteiger partial charge in [0.25, 0.3) is 0 Å². The Hall–Kier alpha value is -0.760. The van der Waals surface area contributed by atoms with Gasteiger partial charge < -0.3 is 9.88 Å². The molecule has 17 heavy (non-hydrogen) atoms. The molecule has 1 N–H and O–H groups in total. The van der Waals surface area contributed by atoms with Crippen LogP contribution in [-0.4, -0.2) is 11.6 Å². The Bertz CT molecular complexity index is 350. The topological polar surface area (TPSA) is 17.0 Å². The lowest BCUT2D eigenvalue weighted by Crippen LogP contribution is -2.20. The highest BCUT2D eigenvalue weighted by atomic mass is 15.0. The largest absolute Gasteiger partial charge is 0.353 e. The van der Waals surface area contributed by atoms with Crippen LogP contribution in [0.5, 0.6) is 0 Å². The van der Waals surface area contributed by atoms with Gasteiger partial charge in [0.15, 0.2) is 0 Å². The zero-order chi connectivity index (χ0) is 12.3. The summed E-state index contributed by atoms with van der Waals surface area (Å²) in [6.45, 7) is 5.79. The predicted molar refractivity (Wildman–Crippen MR) is 73.2 cm³/mol. The third-order valence-electron chi connectivity index (χ3n) is 4.28. The standard InChI is InChI=1S/C15H26N2/c1-4-12(5-2)9-17-10-13-7-6-8-15(16-3)14(13)11-17/h10-12,15-16H,4-9H2,1-3H3. The summed E-state index contributed by atoms with van der Waals surface area (Å²) in [7, 11) is 2.08. The fraction of sp³-hybridized carbons (Fsp3) is 0.733. The van der Waals surface area contributed by atoms with Crippen LogP contribution in [0.25, 0.3) is 0 Å². The molecule has 2 heteroatoms. The van der Waals surface area contributed by atoms with Crippen molar-refractivity contribution in [1.82, 2.24) is 9.88 Å². The molecule has 0 saturated heterocycles. The van der Waals surface area contributed by atoms with Gasteiger partial charge in [0.05, 0.1) is 0 Å². The average Bonchev–Trinajstić information content (AvgIpc) is 2.77. The second-order valence-electron chi connectivity index (χ2n) is 5.35. The van der Waals surface area contributed by atoms with E-state index >= 15 is 0 Å². The van der Waals surface area contributed by atoms with Crippen molar-refractivity contribution in [3.8, 4) is 0 Å². The van der Waals surface area contributed by atoms with Gasteiger partial charge in [-0.05, 0) is 43.4 Å². The van der Waals surface area contributed by atoms with Gasteiger partial charge in [-0.15, -0.1) is 0 Å². The number of hydrogen-bond acceptors (Lipinski definition) is 1. The molecule has 0 aliphatic heterocycles. The van der Waals surface area contributed by atoms with Crippen LogP contribution >= 0.6 is 0 Å². The predicted octanol–water partition coefficient (Wildman–Crippen LogP) is 3.52. The summed E-state index contributed by atoms with van der Waals surface area (Å²) in [6, 6.07) is 0.585. The number of aryl methyl sites for hydroxylation is 1. The van der Waals surface area contributed by atoms with Gasteiger partial charge >= 0.3 is 0 Å². The van der Waals surface area contributed by atoms with Crippen LogP contribution < -0.4 is 5.32 Å². The molecule has 1 aromatic heterocycles. The lowest BCUT2D eigenvalue weighted by Gasteiger charge is -2.21. The molecule has 0 fully saturated rings. The van der Waals surface area contributed by atoms with Crippen LogP contribution in [0.4, 0.5) is 0 Å². The molecule has 0 radical (unpaired) electrons. The molecule has 0 saturated carbocycles. The number of aromatic nitrogens is 1. The summed E-state index contributed by atoms with van der Waals surface area (Å²) in [5.74, 6) is 0.830. The Balaban J connectivity index is 2.13. The molecule has 96 valence electrons. The van der Waals surface area contributed by atoms with E-state index in [2.05, 4.69) is 43.2 Å². The molecule has 1 unspecified atom stereocenters. The molecule has 2 rings (SSSR count). The molecule has 1 aliphatic carbocycles. The molecule has 1 aliphatic rings. The Kier molecular flexibility index (Phi) is 4.27. The van der Waals surface area contributed by atoms with E-state index in [0.29, 0.717) is 6.04 Å². The quantitative estimate of drug-likeness (QED) is 0.825. The molecule has 1 heterocycles. The Morgan fingerprint density at radius 1 is 1.35 bits per heavy atom. The highest BCUT2D eigenvalue weighted by Crippen LogP contribution is 2.30. The highest BCUT2D eigenvalue weighted by molar-refractivity contribution is 5.30. The smallest absolute Gasteiger partial charge is 0.0335 e. The van der Waals surface area contributed by atoms with Crippen molar-refractivity contribution in [3.05, 3.63) is 23.5 Å². The first-order valence-electron chi connectivity index (χ1n) is 7.14. The van der Waals surface area contributed by atoms with E-state index in [1.165, 1.54) is 38.6 Å². The summed E-state index contributed by atoms with van der Waals surface area (Å²) in [5.41, 5.74) is 3.12. The minimum absolute atomic E-state index is 0.585. The monoisotopic (exact) mass is 234 g/mol. The van der Waals surface area contributed by atoms with Gasteiger partial charge in [0.1, 0.15) is 0 Å². The Morgan fingerprint density at radius 3 is 2.76 bits per heavy atom. The fourth-order valence-corrected chi connectivity index (χ4v) is 3.00. The summed E-state index contributed by atoms with van der Waals surface area (Å²) >= 11 is 0. The number of hydrogen-bond donors (Lipinski definition) is 1. The molecule has 0 aromatic carbocycles. The van der Waals surface area contributed by atoms with Crippen LogP contribution in [-0.2, 0) is 13.0 Å². The van der Waals surface area contributed by atoms with Crippen molar-refractivity contribution < 1.29 is 0 Å². The molecule has 0 amide bonds. The Labute approximate surface area is 105 Å². The lowest BCUT2D eigenvalue weighted by molar-refractivity contribution is 0.418. The number of nitrogens with zero attached hydrogens (tertiary/aromatic N) is 1. The first-order valence-corrected chi connectivity index (χ1v) is 7.14. The third-order valence-corrected chi connectivity index (χ3v) is 4.28. The fourth-order valence-electron chi connectivity index (χ4n) is 3.00. The van der Waals surface area contributed by atoms with E-state index in [1.54, 1.807) is 11.1 Å². The maximum atomic E-state index is 3.44. The first kappa shape index (κ1) is 12.7. The zero-order valence-electron chi connectivity index (χ0n) is 11.5. The normalized spacial score (nSPS) is 19.6. The Morgan fingerprint density at radius 2 is 2.12 bits per heavy atom. The van der Waals surface area contributed by atoms with Crippen LogP contribution in [0.1, 0.15) is 56.7 Å². The molecule has 2 nitrogen and oxygen atoms in total. The van der Waals surface area contributed by atoms with Crippen LogP contribution in [0, 0.1) is 5.92 Å². The van der Waals surface area contributed by atoms with E-state index < -0.39 is 0 Å². The summed E-state index contributed by atoms with van der Waals surface area (Å²) in [6.07, 6.45) is 11.2. The maximum absolute atomic E-state index is 3.44. The van der Waals surface area contributed by atoms with Gasteiger partial charge in [0, 0.05) is 25.0 Å². The molecular weight excluding hydrogens is 208 g/mol. The van der Waals surface area contributed by atoms with E-state index in [0.717, 1.165) is 5.92 Å². The van der Waals surface area contributed by atoms with Crippen molar-refractivity contribution in [2.24, 2.45) is 5.92 Å². The van der Waals surface area contributed by atoms with Crippen molar-refractivity contribution in [3.63, 3.8) is 0 Å². The van der Waals surface area contributed by atoms with Crippen molar-refractivity contribution in [1.29, 1.82) is 0 Å². The molecule has 1 aromatic rings. The van der Waals surface area contributed by atoms with Crippen molar-refractivity contribution >= 4 is 0 Å². The molecular formula is C15H26N2. The minimum Gasteiger partial charge on any atom is -0.353 e.